The first-order chi connectivity index (χ1) is 14.0. The normalized spacial score (nSPS) is 13.7. The summed E-state index contributed by atoms with van der Waals surface area (Å²) in [6.07, 6.45) is 5.43. The summed E-state index contributed by atoms with van der Waals surface area (Å²) in [7, 11) is 1.63. The van der Waals surface area contributed by atoms with Gasteiger partial charge in [0, 0.05) is 13.6 Å². The van der Waals surface area contributed by atoms with Crippen molar-refractivity contribution in [3.63, 3.8) is 0 Å². The maximum absolute atomic E-state index is 13.2. The van der Waals surface area contributed by atoms with Gasteiger partial charge in [-0.05, 0) is 12.5 Å². The summed E-state index contributed by atoms with van der Waals surface area (Å²) in [5.41, 5.74) is 1.86. The van der Waals surface area contributed by atoms with Gasteiger partial charge in [-0.15, -0.1) is 6.58 Å². The summed E-state index contributed by atoms with van der Waals surface area (Å²) in [4.78, 5) is 30.6. The van der Waals surface area contributed by atoms with Crippen molar-refractivity contribution in [2.45, 2.75) is 20.0 Å². The predicted molar refractivity (Wildman–Crippen MR) is 115 cm³/mol. The first kappa shape index (κ1) is 18.7. The summed E-state index contributed by atoms with van der Waals surface area (Å²) >= 11 is 0. The van der Waals surface area contributed by atoms with E-state index in [-0.39, 0.29) is 12.1 Å². The Hall–Kier alpha value is -3.68. The van der Waals surface area contributed by atoms with E-state index < -0.39 is 5.69 Å². The summed E-state index contributed by atoms with van der Waals surface area (Å²) in [6, 6.07) is 9.74. The molecule has 1 aliphatic heterocycles. The molecule has 148 valence electrons. The first-order valence-corrected chi connectivity index (χ1v) is 9.35. The minimum absolute atomic E-state index is 0.181. The molecule has 0 fully saturated rings. The third-order valence-corrected chi connectivity index (χ3v) is 4.82. The van der Waals surface area contributed by atoms with Crippen molar-refractivity contribution in [2.24, 2.45) is 12.1 Å². The molecule has 0 amide bonds. The van der Waals surface area contributed by atoms with Crippen LogP contribution in [0.1, 0.15) is 12.5 Å². The van der Waals surface area contributed by atoms with Crippen molar-refractivity contribution >= 4 is 28.9 Å². The molecule has 0 spiro atoms. The molecule has 1 aromatic carbocycles. The molecule has 0 saturated carbocycles. The molecule has 0 bridgehead atoms. The van der Waals surface area contributed by atoms with Gasteiger partial charge in [-0.25, -0.2) is 9.80 Å². The maximum atomic E-state index is 13.2. The van der Waals surface area contributed by atoms with Gasteiger partial charge in [-0.3, -0.25) is 18.5 Å². The van der Waals surface area contributed by atoms with Gasteiger partial charge >= 0.3 is 5.69 Å². The molecule has 0 N–H and O–H groups in total. The highest BCUT2D eigenvalue weighted by molar-refractivity contribution is 5.87. The third-order valence-electron chi connectivity index (χ3n) is 4.82. The van der Waals surface area contributed by atoms with E-state index in [1.54, 1.807) is 18.1 Å². The van der Waals surface area contributed by atoms with Crippen LogP contribution in [0.2, 0.25) is 0 Å². The summed E-state index contributed by atoms with van der Waals surface area (Å²) in [5, 5.41) is 6.17. The lowest BCUT2D eigenvalue weighted by Crippen LogP contribution is -2.39. The summed E-state index contributed by atoms with van der Waals surface area (Å²) in [6.45, 7) is 6.74. The number of anilines is 1. The van der Waals surface area contributed by atoms with Crippen molar-refractivity contribution < 1.29 is 0 Å². The second-order valence-electron chi connectivity index (χ2n) is 6.95. The molecule has 3 heterocycles. The molecule has 0 aliphatic carbocycles. The lowest BCUT2D eigenvalue weighted by atomic mass is 10.2. The molecular formula is C21H22N6O2. The Labute approximate surface area is 167 Å². The minimum Gasteiger partial charge on any atom is -0.297 e. The topological polar surface area (TPSA) is 77.4 Å². The van der Waals surface area contributed by atoms with Gasteiger partial charge in [0.05, 0.1) is 18.8 Å². The zero-order valence-electron chi connectivity index (χ0n) is 16.4. The molecule has 8 heteroatoms. The van der Waals surface area contributed by atoms with Crippen LogP contribution in [-0.2, 0) is 20.1 Å². The van der Waals surface area contributed by atoms with E-state index in [0.29, 0.717) is 30.2 Å². The van der Waals surface area contributed by atoms with E-state index in [9.17, 15) is 9.59 Å². The van der Waals surface area contributed by atoms with Crippen molar-refractivity contribution in [3.8, 4) is 0 Å². The maximum Gasteiger partial charge on any atom is 0.332 e. The monoisotopic (exact) mass is 390 g/mol. The lowest BCUT2D eigenvalue weighted by molar-refractivity contribution is 0.664. The molecule has 4 rings (SSSR count). The quantitative estimate of drug-likeness (QED) is 0.625. The zero-order chi connectivity index (χ0) is 20.5. The number of hydrogen-bond donors (Lipinski definition) is 0. The number of rotatable bonds is 5. The summed E-state index contributed by atoms with van der Waals surface area (Å²) < 4.78 is 4.47. The molecule has 8 nitrogen and oxygen atoms in total. The van der Waals surface area contributed by atoms with Crippen LogP contribution in [0.3, 0.4) is 0 Å². The van der Waals surface area contributed by atoms with Gasteiger partial charge in [0.15, 0.2) is 11.2 Å². The van der Waals surface area contributed by atoms with Crippen molar-refractivity contribution in [2.75, 3.05) is 11.6 Å². The highest BCUT2D eigenvalue weighted by Crippen LogP contribution is 2.23. The Morgan fingerprint density at radius 3 is 2.66 bits per heavy atom. The molecule has 3 aromatic rings. The van der Waals surface area contributed by atoms with E-state index >= 15 is 0 Å². The van der Waals surface area contributed by atoms with Crippen LogP contribution in [0.4, 0.5) is 5.95 Å². The number of fused-ring (bicyclic) bond motifs is 3. The molecule has 0 radical (unpaired) electrons. The number of hydrogen-bond acceptors (Lipinski definition) is 5. The highest BCUT2D eigenvalue weighted by Gasteiger charge is 2.25. The fraction of sp³-hybridized carbons (Fsp3) is 0.238. The number of allylic oxidation sites excluding steroid dienone is 1. The standard InChI is InChI=1S/C21H22N6O2/c1-4-12-27-20-22-18-17(26(20)14-15(2)23-27)19(28)25(21(29)24(18)3)13-8-11-16-9-6-5-7-10-16/h4-11H,1,12-14H2,2-3H3/b11-8+. The van der Waals surface area contributed by atoms with Crippen molar-refractivity contribution in [1.82, 2.24) is 18.7 Å². The zero-order valence-corrected chi connectivity index (χ0v) is 16.4. The fourth-order valence-corrected chi connectivity index (χ4v) is 3.48. The van der Waals surface area contributed by atoms with E-state index in [0.717, 1.165) is 11.3 Å². The number of aromatic nitrogens is 4. The molecule has 0 unspecified atom stereocenters. The Balaban J connectivity index is 1.83. The number of benzene rings is 1. The third kappa shape index (κ3) is 3.22. The smallest absolute Gasteiger partial charge is 0.297 e. The van der Waals surface area contributed by atoms with Gasteiger partial charge in [0.25, 0.3) is 5.56 Å². The van der Waals surface area contributed by atoms with E-state index in [1.165, 1.54) is 9.13 Å². The average molecular weight is 390 g/mol. The number of aryl methyl sites for hydroxylation is 1. The fourth-order valence-electron chi connectivity index (χ4n) is 3.48. The molecular weight excluding hydrogens is 368 g/mol. The van der Waals surface area contributed by atoms with Crippen LogP contribution in [0.25, 0.3) is 17.2 Å². The van der Waals surface area contributed by atoms with Crippen LogP contribution < -0.4 is 16.3 Å². The Bertz CT molecular complexity index is 1260. The second kappa shape index (κ2) is 7.38. The van der Waals surface area contributed by atoms with E-state index in [4.69, 9.17) is 0 Å². The molecule has 1 aliphatic rings. The molecule has 0 atom stereocenters. The van der Waals surface area contributed by atoms with Crippen LogP contribution in [0.5, 0.6) is 0 Å². The number of hydrazone groups is 1. The van der Waals surface area contributed by atoms with Gasteiger partial charge < -0.3 is 0 Å². The highest BCUT2D eigenvalue weighted by atomic mass is 16.2. The van der Waals surface area contributed by atoms with Gasteiger partial charge in [-0.2, -0.15) is 10.1 Å². The summed E-state index contributed by atoms with van der Waals surface area (Å²) in [5.74, 6) is 0.537. The predicted octanol–water partition coefficient (Wildman–Crippen LogP) is 1.99. The van der Waals surface area contributed by atoms with Crippen LogP contribution >= 0.6 is 0 Å². The lowest BCUT2D eigenvalue weighted by Gasteiger charge is -2.23. The number of imidazole rings is 1. The SMILES string of the molecule is C=CCN1N=C(C)Cn2c1nc1c2c(=O)n(C/C=C/c2ccccc2)c(=O)n1C. The Kier molecular flexibility index (Phi) is 4.75. The number of nitrogens with zero attached hydrogens (tertiary/aromatic N) is 6. The molecule has 2 aromatic heterocycles. The van der Waals surface area contributed by atoms with Crippen molar-refractivity contribution in [1.29, 1.82) is 0 Å². The van der Waals surface area contributed by atoms with Crippen LogP contribution in [0.15, 0.2) is 63.8 Å². The largest absolute Gasteiger partial charge is 0.332 e. The van der Waals surface area contributed by atoms with E-state index in [2.05, 4.69) is 16.7 Å². The van der Waals surface area contributed by atoms with Gasteiger partial charge in [0.1, 0.15) is 0 Å². The van der Waals surface area contributed by atoms with Crippen LogP contribution in [0, 0.1) is 0 Å². The molecule has 29 heavy (non-hydrogen) atoms. The van der Waals surface area contributed by atoms with Gasteiger partial charge in [0.2, 0.25) is 5.95 Å². The van der Waals surface area contributed by atoms with E-state index in [1.807, 2.05) is 54.0 Å². The van der Waals surface area contributed by atoms with Crippen LogP contribution in [-0.4, -0.2) is 30.9 Å². The van der Waals surface area contributed by atoms with Gasteiger partial charge in [-0.1, -0.05) is 48.6 Å². The second-order valence-corrected chi connectivity index (χ2v) is 6.95. The average Bonchev–Trinajstić information content (AvgIpc) is 3.10. The first-order valence-electron chi connectivity index (χ1n) is 9.35. The molecule has 0 saturated heterocycles. The van der Waals surface area contributed by atoms with Crippen molar-refractivity contribution in [3.05, 3.63) is 75.5 Å². The Morgan fingerprint density at radius 1 is 1.17 bits per heavy atom. The Morgan fingerprint density at radius 2 is 1.93 bits per heavy atom. The minimum atomic E-state index is -0.399.